The van der Waals surface area contributed by atoms with Crippen molar-refractivity contribution in [1.29, 1.82) is 0 Å². The van der Waals surface area contributed by atoms with Gasteiger partial charge in [0, 0.05) is 5.69 Å². The van der Waals surface area contributed by atoms with E-state index in [0.717, 1.165) is 12.5 Å². The lowest BCUT2D eigenvalue weighted by molar-refractivity contribution is -0.115. The van der Waals surface area contributed by atoms with Crippen LogP contribution in [0.2, 0.25) is 5.02 Å². The van der Waals surface area contributed by atoms with Gasteiger partial charge in [-0.1, -0.05) is 11.6 Å². The van der Waals surface area contributed by atoms with Crippen molar-refractivity contribution in [2.45, 2.75) is 19.8 Å². The second kappa shape index (κ2) is 6.78. The highest BCUT2D eigenvalue weighted by Gasteiger charge is 2.20. The second-order valence-corrected chi connectivity index (χ2v) is 5.11. The van der Waals surface area contributed by atoms with Gasteiger partial charge in [0.25, 0.3) is 0 Å². The van der Waals surface area contributed by atoms with Crippen LogP contribution in [0, 0.1) is 5.92 Å². The number of anilines is 1. The number of hydrogen-bond acceptors (Lipinski definition) is 3. The van der Waals surface area contributed by atoms with E-state index < -0.39 is 0 Å². The van der Waals surface area contributed by atoms with Gasteiger partial charge < -0.3 is 15.4 Å². The molecule has 0 spiro atoms. The van der Waals surface area contributed by atoms with E-state index in [1.54, 1.807) is 18.2 Å². The Morgan fingerprint density at radius 3 is 2.89 bits per heavy atom. The highest BCUT2D eigenvalue weighted by atomic mass is 35.5. The van der Waals surface area contributed by atoms with E-state index in [-0.39, 0.29) is 5.91 Å². The van der Waals surface area contributed by atoms with Crippen LogP contribution in [-0.4, -0.2) is 25.6 Å². The largest absolute Gasteiger partial charge is 0.492 e. The summed E-state index contributed by atoms with van der Waals surface area (Å²) in [4.78, 5) is 11.7. The van der Waals surface area contributed by atoms with Crippen LogP contribution < -0.4 is 15.4 Å². The molecule has 1 amide bonds. The van der Waals surface area contributed by atoms with Crippen LogP contribution in [0.5, 0.6) is 5.75 Å². The summed E-state index contributed by atoms with van der Waals surface area (Å²) in [5.41, 5.74) is 0.687. The molecule has 0 bridgehead atoms. The lowest BCUT2D eigenvalue weighted by atomic mass is 10.3. The zero-order chi connectivity index (χ0) is 13.7. The molecule has 2 N–H and O–H groups in total. The van der Waals surface area contributed by atoms with Crippen molar-refractivity contribution >= 4 is 23.2 Å². The zero-order valence-electron chi connectivity index (χ0n) is 11.0. The monoisotopic (exact) mass is 282 g/mol. The van der Waals surface area contributed by atoms with Gasteiger partial charge in [-0.3, -0.25) is 4.79 Å². The van der Waals surface area contributed by atoms with Gasteiger partial charge >= 0.3 is 0 Å². The van der Waals surface area contributed by atoms with Crippen LogP contribution in [0.1, 0.15) is 19.8 Å². The molecule has 1 aliphatic carbocycles. The molecule has 5 heteroatoms. The minimum absolute atomic E-state index is 0.0547. The minimum atomic E-state index is -0.0547. The van der Waals surface area contributed by atoms with Crippen LogP contribution >= 0.6 is 11.6 Å². The molecular formula is C14H19ClN2O2. The molecule has 0 heterocycles. The molecule has 0 aromatic heterocycles. The summed E-state index contributed by atoms with van der Waals surface area (Å²) in [5.74, 6) is 1.35. The standard InChI is InChI=1S/C14H19ClN2O2/c1-2-19-13-6-5-11(7-12(13)15)17-14(18)9-16-8-10-3-4-10/h5-7,10,16H,2-4,8-9H2,1H3,(H,17,18). The molecule has 104 valence electrons. The van der Waals surface area contributed by atoms with Gasteiger partial charge in [-0.25, -0.2) is 0 Å². The van der Waals surface area contributed by atoms with Crippen LogP contribution in [0.3, 0.4) is 0 Å². The number of nitrogens with one attached hydrogen (secondary N) is 2. The average Bonchev–Trinajstić information content (AvgIpc) is 3.17. The number of hydrogen-bond donors (Lipinski definition) is 2. The molecule has 1 fully saturated rings. The van der Waals surface area contributed by atoms with E-state index >= 15 is 0 Å². The van der Waals surface area contributed by atoms with Gasteiger partial charge in [0.05, 0.1) is 18.2 Å². The van der Waals surface area contributed by atoms with Crippen molar-refractivity contribution in [3.05, 3.63) is 23.2 Å². The van der Waals surface area contributed by atoms with Gasteiger partial charge in [0.1, 0.15) is 5.75 Å². The topological polar surface area (TPSA) is 50.4 Å². The van der Waals surface area contributed by atoms with Gasteiger partial charge in [0.15, 0.2) is 0 Å². The Bertz CT molecular complexity index is 447. The number of carbonyl (C=O) groups is 1. The van der Waals surface area contributed by atoms with Crippen molar-refractivity contribution < 1.29 is 9.53 Å². The van der Waals surface area contributed by atoms with E-state index in [0.29, 0.717) is 29.6 Å². The maximum Gasteiger partial charge on any atom is 0.238 e. The molecule has 0 unspecified atom stereocenters. The Labute approximate surface area is 118 Å². The van der Waals surface area contributed by atoms with E-state index in [9.17, 15) is 4.79 Å². The second-order valence-electron chi connectivity index (χ2n) is 4.70. The van der Waals surface area contributed by atoms with Crippen LogP contribution in [0.15, 0.2) is 18.2 Å². The number of ether oxygens (including phenoxy) is 1. The van der Waals surface area contributed by atoms with Crippen molar-refractivity contribution in [2.24, 2.45) is 5.92 Å². The van der Waals surface area contributed by atoms with Crippen LogP contribution in [0.4, 0.5) is 5.69 Å². The van der Waals surface area contributed by atoms with Gasteiger partial charge in [-0.2, -0.15) is 0 Å². The third kappa shape index (κ3) is 4.73. The average molecular weight is 283 g/mol. The normalized spacial score (nSPS) is 14.2. The summed E-state index contributed by atoms with van der Waals surface area (Å²) in [6, 6.07) is 5.25. The Morgan fingerprint density at radius 1 is 1.47 bits per heavy atom. The van der Waals surface area contributed by atoms with Gasteiger partial charge in [-0.05, 0) is 50.4 Å². The van der Waals surface area contributed by atoms with E-state index in [1.165, 1.54) is 12.8 Å². The van der Waals surface area contributed by atoms with Gasteiger partial charge in [-0.15, -0.1) is 0 Å². The van der Waals surface area contributed by atoms with E-state index in [2.05, 4.69) is 10.6 Å². The Kier molecular flexibility index (Phi) is 5.05. The predicted molar refractivity (Wildman–Crippen MR) is 76.8 cm³/mol. The number of benzene rings is 1. The third-order valence-corrected chi connectivity index (χ3v) is 3.23. The van der Waals surface area contributed by atoms with Crippen molar-refractivity contribution in [3.63, 3.8) is 0 Å². The number of halogens is 1. The maximum atomic E-state index is 11.7. The first-order valence-electron chi connectivity index (χ1n) is 6.62. The quantitative estimate of drug-likeness (QED) is 0.808. The van der Waals surface area contributed by atoms with Crippen LogP contribution in [-0.2, 0) is 4.79 Å². The molecule has 0 atom stereocenters. The molecule has 2 rings (SSSR count). The Morgan fingerprint density at radius 2 is 2.26 bits per heavy atom. The molecular weight excluding hydrogens is 264 g/mol. The van der Waals surface area contributed by atoms with Crippen molar-refractivity contribution in [2.75, 3.05) is 25.0 Å². The molecule has 1 aromatic carbocycles. The molecule has 4 nitrogen and oxygen atoms in total. The summed E-state index contributed by atoms with van der Waals surface area (Å²) in [6.07, 6.45) is 2.56. The van der Waals surface area contributed by atoms with Crippen molar-refractivity contribution in [3.8, 4) is 5.75 Å². The first-order valence-corrected chi connectivity index (χ1v) is 6.99. The SMILES string of the molecule is CCOc1ccc(NC(=O)CNCC2CC2)cc1Cl. The lowest BCUT2D eigenvalue weighted by Crippen LogP contribution is -2.29. The Balaban J connectivity index is 1.80. The number of amides is 1. The molecule has 1 aliphatic rings. The summed E-state index contributed by atoms with van der Waals surface area (Å²) in [6.45, 7) is 3.73. The summed E-state index contributed by atoms with van der Waals surface area (Å²) < 4.78 is 5.34. The highest BCUT2D eigenvalue weighted by Crippen LogP contribution is 2.28. The van der Waals surface area contributed by atoms with E-state index in [1.807, 2.05) is 6.92 Å². The third-order valence-electron chi connectivity index (χ3n) is 2.93. The van der Waals surface area contributed by atoms with Crippen molar-refractivity contribution in [1.82, 2.24) is 5.32 Å². The molecule has 1 aromatic rings. The zero-order valence-corrected chi connectivity index (χ0v) is 11.8. The molecule has 19 heavy (non-hydrogen) atoms. The molecule has 0 aliphatic heterocycles. The summed E-state index contributed by atoms with van der Waals surface area (Å²) in [7, 11) is 0. The highest BCUT2D eigenvalue weighted by molar-refractivity contribution is 6.32. The first-order chi connectivity index (χ1) is 9.19. The summed E-state index contributed by atoms with van der Waals surface area (Å²) >= 11 is 6.05. The lowest BCUT2D eigenvalue weighted by Gasteiger charge is -2.09. The smallest absolute Gasteiger partial charge is 0.238 e. The number of rotatable bonds is 7. The van der Waals surface area contributed by atoms with E-state index in [4.69, 9.17) is 16.3 Å². The van der Waals surface area contributed by atoms with Gasteiger partial charge in [0.2, 0.25) is 5.91 Å². The molecule has 1 saturated carbocycles. The molecule has 0 saturated heterocycles. The maximum absolute atomic E-state index is 11.7. The minimum Gasteiger partial charge on any atom is -0.492 e. The predicted octanol–water partition coefficient (Wildman–Crippen LogP) is 2.68. The number of carbonyl (C=O) groups excluding carboxylic acids is 1. The Hall–Kier alpha value is -1.26. The fourth-order valence-corrected chi connectivity index (χ4v) is 2.00. The van der Waals surface area contributed by atoms with Crippen LogP contribution in [0.25, 0.3) is 0 Å². The molecule has 0 radical (unpaired) electrons. The fourth-order valence-electron chi connectivity index (χ4n) is 1.77. The first kappa shape index (κ1) is 14.2. The fraction of sp³-hybridized carbons (Fsp3) is 0.500. The summed E-state index contributed by atoms with van der Waals surface area (Å²) in [5, 5.41) is 6.45.